The van der Waals surface area contributed by atoms with Crippen LogP contribution < -0.4 is 9.47 Å². The molecule has 0 spiro atoms. The minimum atomic E-state index is -1.55. The van der Waals surface area contributed by atoms with E-state index in [1.165, 1.54) is 32.4 Å². The van der Waals surface area contributed by atoms with Gasteiger partial charge < -0.3 is 39.4 Å². The Morgan fingerprint density at radius 1 is 1.12 bits per heavy atom. The van der Waals surface area contributed by atoms with Crippen molar-refractivity contribution in [3.05, 3.63) is 23.8 Å². The number of carbonyl (C=O) groups excluding carboxylic acids is 1. The van der Waals surface area contributed by atoms with Crippen LogP contribution in [0.3, 0.4) is 0 Å². The Kier molecular flexibility index (Phi) is 5.97. The summed E-state index contributed by atoms with van der Waals surface area (Å²) in [5.41, 5.74) is 0.232. The summed E-state index contributed by atoms with van der Waals surface area (Å²) < 4.78 is 20.5. The molecule has 1 aromatic rings. The molecule has 1 heterocycles. The molecule has 1 fully saturated rings. The molecule has 9 heteroatoms. The monoisotopic (exact) mass is 344 g/mol. The number of hydrogen-bond donors (Lipinski definition) is 4. The standard InChI is InChI=1S/C15H20O9/c1-21-9-5-7(14(20)22-2)3-4-8(9)23-15-13(19)12(18)11(17)10(6-16)24-15/h3-5,10-13,15-19H,6H2,1-2H3/t10-,11-,12+,13-,15?/m0/s1. The number of rotatable bonds is 5. The van der Waals surface area contributed by atoms with Gasteiger partial charge in [0.1, 0.15) is 24.4 Å². The molecule has 1 aromatic carbocycles. The molecule has 0 amide bonds. The molecule has 1 saturated heterocycles. The average Bonchev–Trinajstić information content (AvgIpc) is 2.61. The van der Waals surface area contributed by atoms with Crippen molar-refractivity contribution in [2.45, 2.75) is 30.7 Å². The molecule has 0 radical (unpaired) electrons. The van der Waals surface area contributed by atoms with Crippen LogP contribution in [0.4, 0.5) is 0 Å². The van der Waals surface area contributed by atoms with E-state index < -0.39 is 43.3 Å². The summed E-state index contributed by atoms with van der Waals surface area (Å²) in [5, 5.41) is 38.6. The molecule has 1 aliphatic rings. The van der Waals surface area contributed by atoms with Gasteiger partial charge in [-0.1, -0.05) is 0 Å². The Morgan fingerprint density at radius 2 is 1.83 bits per heavy atom. The number of hydrogen-bond acceptors (Lipinski definition) is 9. The van der Waals surface area contributed by atoms with Crippen LogP contribution in [0, 0.1) is 0 Å². The Balaban J connectivity index is 2.21. The summed E-state index contributed by atoms with van der Waals surface area (Å²) >= 11 is 0. The van der Waals surface area contributed by atoms with Crippen molar-refractivity contribution in [1.82, 2.24) is 0 Å². The molecule has 9 nitrogen and oxygen atoms in total. The van der Waals surface area contributed by atoms with Crippen molar-refractivity contribution in [2.75, 3.05) is 20.8 Å². The number of ether oxygens (including phenoxy) is 4. The fraction of sp³-hybridized carbons (Fsp3) is 0.533. The lowest BCUT2D eigenvalue weighted by Crippen LogP contribution is -2.60. The van der Waals surface area contributed by atoms with Crippen molar-refractivity contribution in [2.24, 2.45) is 0 Å². The Morgan fingerprint density at radius 3 is 2.42 bits per heavy atom. The number of aliphatic hydroxyl groups excluding tert-OH is 4. The highest BCUT2D eigenvalue weighted by molar-refractivity contribution is 5.90. The van der Waals surface area contributed by atoms with Gasteiger partial charge in [-0.15, -0.1) is 0 Å². The first-order valence-electron chi connectivity index (χ1n) is 7.16. The van der Waals surface area contributed by atoms with Gasteiger partial charge in [-0.3, -0.25) is 0 Å². The third kappa shape index (κ3) is 3.60. The van der Waals surface area contributed by atoms with Crippen molar-refractivity contribution < 1.29 is 44.2 Å². The van der Waals surface area contributed by atoms with E-state index in [1.807, 2.05) is 0 Å². The minimum Gasteiger partial charge on any atom is -0.493 e. The number of benzene rings is 1. The van der Waals surface area contributed by atoms with Crippen molar-refractivity contribution in [3.8, 4) is 11.5 Å². The summed E-state index contributed by atoms with van der Waals surface area (Å²) in [7, 11) is 2.60. The van der Waals surface area contributed by atoms with Crippen LogP contribution in [-0.2, 0) is 9.47 Å². The van der Waals surface area contributed by atoms with E-state index in [0.717, 1.165) is 0 Å². The molecule has 134 valence electrons. The summed E-state index contributed by atoms with van der Waals surface area (Å²) in [4.78, 5) is 11.5. The van der Waals surface area contributed by atoms with Gasteiger partial charge in [-0.25, -0.2) is 4.79 Å². The second-order valence-electron chi connectivity index (χ2n) is 5.17. The zero-order valence-corrected chi connectivity index (χ0v) is 13.2. The van der Waals surface area contributed by atoms with E-state index >= 15 is 0 Å². The lowest BCUT2D eigenvalue weighted by Gasteiger charge is -2.39. The third-order valence-electron chi connectivity index (χ3n) is 3.68. The van der Waals surface area contributed by atoms with Crippen LogP contribution in [0.25, 0.3) is 0 Å². The molecule has 1 unspecified atom stereocenters. The maximum Gasteiger partial charge on any atom is 0.337 e. The first-order valence-corrected chi connectivity index (χ1v) is 7.16. The molecule has 1 aliphatic heterocycles. The lowest BCUT2D eigenvalue weighted by molar-refractivity contribution is -0.277. The van der Waals surface area contributed by atoms with Crippen LogP contribution in [-0.4, -0.2) is 77.9 Å². The molecule has 5 atom stereocenters. The fourth-order valence-corrected chi connectivity index (χ4v) is 2.30. The number of esters is 1. The maximum atomic E-state index is 11.5. The van der Waals surface area contributed by atoms with E-state index in [1.54, 1.807) is 0 Å². The van der Waals surface area contributed by atoms with Crippen LogP contribution >= 0.6 is 0 Å². The number of aliphatic hydroxyl groups is 4. The summed E-state index contributed by atoms with van der Waals surface area (Å²) in [6.45, 7) is -0.566. The van der Waals surface area contributed by atoms with Gasteiger partial charge in [0.15, 0.2) is 11.5 Å². The molecule has 0 saturated carbocycles. The predicted molar refractivity (Wildman–Crippen MR) is 78.7 cm³/mol. The van der Waals surface area contributed by atoms with Gasteiger partial charge in [0.2, 0.25) is 6.29 Å². The molecule has 0 bridgehead atoms. The van der Waals surface area contributed by atoms with Crippen LogP contribution in [0.1, 0.15) is 10.4 Å². The molecule has 2 rings (SSSR count). The molecule has 24 heavy (non-hydrogen) atoms. The van der Waals surface area contributed by atoms with Gasteiger partial charge in [0.05, 0.1) is 26.4 Å². The number of carbonyl (C=O) groups is 1. The lowest BCUT2D eigenvalue weighted by atomic mass is 9.99. The maximum absolute atomic E-state index is 11.5. The van der Waals surface area contributed by atoms with E-state index in [0.29, 0.717) is 0 Å². The van der Waals surface area contributed by atoms with E-state index in [9.17, 15) is 20.1 Å². The SMILES string of the molecule is COC(=O)c1ccc(OC2O[C@@H](CO)[C@H](O)[C@@H](O)[C@@H]2O)c(OC)c1. The van der Waals surface area contributed by atoms with Gasteiger partial charge >= 0.3 is 5.97 Å². The average molecular weight is 344 g/mol. The van der Waals surface area contributed by atoms with E-state index in [2.05, 4.69) is 4.74 Å². The second-order valence-corrected chi connectivity index (χ2v) is 5.17. The summed E-state index contributed by atoms with van der Waals surface area (Å²) in [6, 6.07) is 4.21. The summed E-state index contributed by atoms with van der Waals surface area (Å²) in [5.74, 6) is -0.253. The van der Waals surface area contributed by atoms with Crippen LogP contribution in [0.15, 0.2) is 18.2 Å². The van der Waals surface area contributed by atoms with Crippen molar-refractivity contribution >= 4 is 5.97 Å². The molecule has 4 N–H and O–H groups in total. The van der Waals surface area contributed by atoms with Gasteiger partial charge in [0.25, 0.3) is 0 Å². The smallest absolute Gasteiger partial charge is 0.337 e. The van der Waals surface area contributed by atoms with Gasteiger partial charge in [-0.2, -0.15) is 0 Å². The molecular weight excluding hydrogens is 324 g/mol. The first-order chi connectivity index (χ1) is 11.4. The van der Waals surface area contributed by atoms with Crippen LogP contribution in [0.5, 0.6) is 11.5 Å². The minimum absolute atomic E-state index is 0.134. The highest BCUT2D eigenvalue weighted by atomic mass is 16.7. The van der Waals surface area contributed by atoms with Gasteiger partial charge in [-0.05, 0) is 18.2 Å². The zero-order valence-electron chi connectivity index (χ0n) is 13.2. The molecular formula is C15H20O9. The number of methoxy groups -OCH3 is 2. The Bertz CT molecular complexity index is 574. The largest absolute Gasteiger partial charge is 0.493 e. The van der Waals surface area contributed by atoms with Crippen molar-refractivity contribution in [3.63, 3.8) is 0 Å². The summed E-state index contributed by atoms with van der Waals surface area (Å²) in [6.07, 6.45) is -7.02. The Hall–Kier alpha value is -1.91. The Labute approximate surface area is 138 Å². The first kappa shape index (κ1) is 18.4. The zero-order chi connectivity index (χ0) is 17.9. The fourth-order valence-electron chi connectivity index (χ4n) is 2.30. The van der Waals surface area contributed by atoms with Gasteiger partial charge in [0, 0.05) is 0 Å². The highest BCUT2D eigenvalue weighted by Gasteiger charge is 2.44. The highest BCUT2D eigenvalue weighted by Crippen LogP contribution is 2.32. The third-order valence-corrected chi connectivity index (χ3v) is 3.68. The van der Waals surface area contributed by atoms with Crippen LogP contribution in [0.2, 0.25) is 0 Å². The predicted octanol–water partition coefficient (Wildman–Crippen LogP) is -1.34. The normalized spacial score (nSPS) is 29.8. The van der Waals surface area contributed by atoms with E-state index in [4.69, 9.17) is 19.3 Å². The van der Waals surface area contributed by atoms with E-state index in [-0.39, 0.29) is 17.1 Å². The van der Waals surface area contributed by atoms with Crippen molar-refractivity contribution in [1.29, 1.82) is 0 Å². The topological polar surface area (TPSA) is 135 Å². The molecule has 0 aromatic heterocycles. The second kappa shape index (κ2) is 7.77. The molecule has 0 aliphatic carbocycles. The quantitative estimate of drug-likeness (QED) is 0.479.